The molecule has 0 saturated heterocycles. The van der Waals surface area contributed by atoms with Crippen molar-refractivity contribution in [3.05, 3.63) is 125 Å². The summed E-state index contributed by atoms with van der Waals surface area (Å²) in [5.74, 6) is -0.225. The molecule has 0 aliphatic rings. The Labute approximate surface area is 180 Å². The van der Waals surface area contributed by atoms with E-state index in [0.717, 1.165) is 15.9 Å². The first-order chi connectivity index (χ1) is 15.1. The summed E-state index contributed by atoms with van der Waals surface area (Å²) in [4.78, 5) is 23.4. The first kappa shape index (κ1) is 20.5. The second-order valence-electron chi connectivity index (χ2n) is 6.79. The quantitative estimate of drug-likeness (QED) is 0.151. The molecule has 0 fully saturated rings. The van der Waals surface area contributed by atoms with Crippen LogP contribution in [-0.4, -0.2) is 10.9 Å². The lowest BCUT2D eigenvalue weighted by molar-refractivity contribution is -0.384. The second-order valence-corrected chi connectivity index (χ2v) is 9.24. The van der Waals surface area contributed by atoms with Gasteiger partial charge < -0.3 is 4.74 Å². The lowest BCUT2D eigenvalue weighted by atomic mass is 10.2. The van der Waals surface area contributed by atoms with E-state index in [9.17, 15) is 14.9 Å². The second kappa shape index (κ2) is 9.33. The number of carbonyl (C=O) groups excluding carboxylic acids is 1. The normalized spacial score (nSPS) is 10.6. The van der Waals surface area contributed by atoms with Crippen LogP contribution in [0, 0.1) is 10.1 Å². The Bertz CT molecular complexity index is 1160. The first-order valence-corrected chi connectivity index (χ1v) is 11.2. The minimum absolute atomic E-state index is 0.0566. The third-order valence-corrected chi connectivity index (χ3v) is 7.60. The molecular weight excluding hydrogens is 409 g/mol. The SMILES string of the molecule is O=C(Oc1ccc([N+](=O)[O-])cc1)c1ccccc1[PH+](c1ccccc1)c1ccccc1. The van der Waals surface area contributed by atoms with Crippen molar-refractivity contribution in [2.75, 3.05) is 0 Å². The van der Waals surface area contributed by atoms with Gasteiger partial charge in [-0.15, -0.1) is 0 Å². The van der Waals surface area contributed by atoms with Crippen molar-refractivity contribution in [3.63, 3.8) is 0 Å². The number of non-ortho nitro benzene ring substituents is 1. The number of rotatable bonds is 6. The fourth-order valence-electron chi connectivity index (χ4n) is 3.36. The molecule has 0 aromatic heterocycles. The summed E-state index contributed by atoms with van der Waals surface area (Å²) in [7, 11) is -1.45. The average molecular weight is 428 g/mol. The largest absolute Gasteiger partial charge is 0.423 e. The van der Waals surface area contributed by atoms with E-state index in [0.29, 0.717) is 5.56 Å². The van der Waals surface area contributed by atoms with Gasteiger partial charge in [-0.05, 0) is 48.5 Å². The maximum Gasteiger partial charge on any atom is 0.347 e. The predicted molar refractivity (Wildman–Crippen MR) is 125 cm³/mol. The Hall–Kier alpha value is -3.82. The van der Waals surface area contributed by atoms with Crippen molar-refractivity contribution < 1.29 is 14.5 Å². The van der Waals surface area contributed by atoms with E-state index >= 15 is 0 Å². The number of carbonyl (C=O) groups is 1. The number of nitro benzene ring substituents is 1. The zero-order valence-electron chi connectivity index (χ0n) is 16.5. The summed E-state index contributed by atoms with van der Waals surface area (Å²) < 4.78 is 5.55. The van der Waals surface area contributed by atoms with Gasteiger partial charge in [-0.25, -0.2) is 4.79 Å². The molecule has 0 aliphatic carbocycles. The van der Waals surface area contributed by atoms with Gasteiger partial charge in [0.1, 0.15) is 27.2 Å². The van der Waals surface area contributed by atoms with Gasteiger partial charge in [0.2, 0.25) is 0 Å². The first-order valence-electron chi connectivity index (χ1n) is 9.67. The van der Waals surface area contributed by atoms with E-state index in [2.05, 4.69) is 24.3 Å². The average Bonchev–Trinajstić information content (AvgIpc) is 2.81. The predicted octanol–water partition coefficient (Wildman–Crippen LogP) is 4.30. The number of hydrogen-bond donors (Lipinski definition) is 0. The Morgan fingerprint density at radius 2 is 1.23 bits per heavy atom. The Morgan fingerprint density at radius 3 is 1.77 bits per heavy atom. The number of benzene rings is 4. The van der Waals surface area contributed by atoms with Gasteiger partial charge in [-0.1, -0.05) is 48.5 Å². The molecule has 0 aliphatic heterocycles. The Morgan fingerprint density at radius 1 is 0.710 bits per heavy atom. The monoisotopic (exact) mass is 428 g/mol. The molecule has 0 spiro atoms. The maximum absolute atomic E-state index is 13.1. The zero-order valence-corrected chi connectivity index (χ0v) is 17.5. The van der Waals surface area contributed by atoms with E-state index < -0.39 is 18.8 Å². The van der Waals surface area contributed by atoms with Crippen molar-refractivity contribution in [2.24, 2.45) is 0 Å². The minimum atomic E-state index is -1.45. The molecule has 0 unspecified atom stereocenters. The highest BCUT2D eigenvalue weighted by atomic mass is 31.1. The third kappa shape index (κ3) is 4.68. The molecule has 0 amide bonds. The van der Waals surface area contributed by atoms with E-state index in [1.807, 2.05) is 54.6 Å². The number of hydrogen-bond acceptors (Lipinski definition) is 4. The van der Waals surface area contributed by atoms with Crippen LogP contribution in [0.1, 0.15) is 10.4 Å². The minimum Gasteiger partial charge on any atom is -0.423 e. The molecule has 4 rings (SSSR count). The summed E-state index contributed by atoms with van der Waals surface area (Å²) in [5, 5.41) is 14.1. The van der Waals surface area contributed by atoms with Crippen LogP contribution in [0.2, 0.25) is 0 Å². The molecule has 0 saturated carbocycles. The molecule has 31 heavy (non-hydrogen) atoms. The maximum atomic E-state index is 13.1. The highest BCUT2D eigenvalue weighted by Crippen LogP contribution is 2.34. The topological polar surface area (TPSA) is 69.4 Å². The summed E-state index contributed by atoms with van der Waals surface area (Å²) in [6.45, 7) is 0. The molecule has 0 atom stereocenters. The fraction of sp³-hybridized carbons (Fsp3) is 0. The lowest BCUT2D eigenvalue weighted by Crippen LogP contribution is -2.26. The van der Waals surface area contributed by atoms with Gasteiger partial charge in [0.25, 0.3) is 5.69 Å². The molecular formula is C25H19NO4P+. The van der Waals surface area contributed by atoms with E-state index in [-0.39, 0.29) is 11.4 Å². The van der Waals surface area contributed by atoms with Crippen molar-refractivity contribution in [3.8, 4) is 5.75 Å². The van der Waals surface area contributed by atoms with Crippen molar-refractivity contribution in [1.82, 2.24) is 0 Å². The molecule has 0 heterocycles. The molecule has 4 aromatic rings. The highest BCUT2D eigenvalue weighted by Gasteiger charge is 2.30. The Balaban J connectivity index is 1.72. The van der Waals surface area contributed by atoms with E-state index in [1.165, 1.54) is 24.3 Å². The number of esters is 1. The number of ether oxygens (including phenoxy) is 1. The highest BCUT2D eigenvalue weighted by molar-refractivity contribution is 7.80. The zero-order chi connectivity index (χ0) is 21.6. The van der Waals surface area contributed by atoms with Crippen LogP contribution >= 0.6 is 7.92 Å². The van der Waals surface area contributed by atoms with Crippen molar-refractivity contribution in [2.45, 2.75) is 0 Å². The molecule has 0 bridgehead atoms. The van der Waals surface area contributed by atoms with Crippen LogP contribution in [0.3, 0.4) is 0 Å². The molecule has 4 aromatic carbocycles. The summed E-state index contributed by atoms with van der Waals surface area (Å²) in [5.41, 5.74) is 0.432. The number of nitro groups is 1. The van der Waals surface area contributed by atoms with Crippen LogP contribution in [0.25, 0.3) is 0 Å². The van der Waals surface area contributed by atoms with Gasteiger partial charge >= 0.3 is 5.97 Å². The summed E-state index contributed by atoms with van der Waals surface area (Å²) in [6.07, 6.45) is 0. The van der Waals surface area contributed by atoms with Gasteiger partial charge in [-0.3, -0.25) is 10.1 Å². The molecule has 0 N–H and O–H groups in total. The van der Waals surface area contributed by atoms with Crippen LogP contribution < -0.4 is 20.7 Å². The standard InChI is InChI=1S/C25H18NO4P/c27-25(30-20-17-15-19(16-18-20)26(28)29)23-13-7-8-14-24(23)31(21-9-3-1-4-10-21)22-11-5-2-6-12-22/h1-18H/p+1. The van der Waals surface area contributed by atoms with Crippen molar-refractivity contribution >= 4 is 35.5 Å². The van der Waals surface area contributed by atoms with Gasteiger partial charge in [0.15, 0.2) is 0 Å². The lowest BCUT2D eigenvalue weighted by Gasteiger charge is -2.14. The Kier molecular flexibility index (Phi) is 6.16. The third-order valence-electron chi connectivity index (χ3n) is 4.80. The smallest absolute Gasteiger partial charge is 0.347 e. The van der Waals surface area contributed by atoms with E-state index in [4.69, 9.17) is 4.74 Å². The van der Waals surface area contributed by atoms with Gasteiger partial charge in [-0.2, -0.15) is 0 Å². The van der Waals surface area contributed by atoms with E-state index in [1.54, 1.807) is 6.07 Å². The van der Waals surface area contributed by atoms with Gasteiger partial charge in [0.05, 0.1) is 12.8 Å². The molecule has 5 nitrogen and oxygen atoms in total. The van der Waals surface area contributed by atoms with Crippen LogP contribution in [-0.2, 0) is 0 Å². The number of nitrogens with zero attached hydrogens (tertiary/aromatic N) is 1. The molecule has 6 heteroatoms. The van der Waals surface area contributed by atoms with Crippen LogP contribution in [0.4, 0.5) is 5.69 Å². The molecule has 152 valence electrons. The van der Waals surface area contributed by atoms with Crippen LogP contribution in [0.5, 0.6) is 5.75 Å². The van der Waals surface area contributed by atoms with Gasteiger partial charge in [0, 0.05) is 12.1 Å². The summed E-state index contributed by atoms with van der Waals surface area (Å²) >= 11 is 0. The summed E-state index contributed by atoms with van der Waals surface area (Å²) in [6, 6.07) is 33.3. The fourth-order valence-corrected chi connectivity index (χ4v) is 6.09. The van der Waals surface area contributed by atoms with Crippen LogP contribution in [0.15, 0.2) is 109 Å². The van der Waals surface area contributed by atoms with Crippen molar-refractivity contribution in [1.29, 1.82) is 0 Å². The molecule has 0 radical (unpaired) electrons.